The second kappa shape index (κ2) is 7.14. The molecule has 0 saturated heterocycles. The third kappa shape index (κ3) is 3.39. The SMILES string of the molecule is [2H]C([2H])(c1ccnc(-c2cccc3c2oc2c(-c4ccccc4)cccc23)c1)C(C)(C)C. The van der Waals surface area contributed by atoms with Gasteiger partial charge < -0.3 is 4.42 Å². The summed E-state index contributed by atoms with van der Waals surface area (Å²) in [6.07, 6.45) is 0.193. The molecule has 0 aliphatic rings. The van der Waals surface area contributed by atoms with Crippen LogP contribution in [0.3, 0.4) is 0 Å². The number of rotatable bonds is 3. The molecule has 0 atom stereocenters. The van der Waals surface area contributed by atoms with Crippen molar-refractivity contribution in [1.82, 2.24) is 4.98 Å². The molecule has 30 heavy (non-hydrogen) atoms. The van der Waals surface area contributed by atoms with E-state index >= 15 is 0 Å². The Morgan fingerprint density at radius 2 is 1.47 bits per heavy atom. The Balaban J connectivity index is 1.73. The van der Waals surface area contributed by atoms with Crippen LogP contribution < -0.4 is 0 Å². The molecule has 2 heterocycles. The number of para-hydroxylation sites is 2. The zero-order valence-corrected chi connectivity index (χ0v) is 17.4. The maximum Gasteiger partial charge on any atom is 0.144 e. The van der Waals surface area contributed by atoms with Crippen molar-refractivity contribution >= 4 is 21.9 Å². The van der Waals surface area contributed by atoms with Crippen LogP contribution in [-0.2, 0) is 6.37 Å². The van der Waals surface area contributed by atoms with Gasteiger partial charge in [0.2, 0.25) is 0 Å². The Kier molecular flexibility index (Phi) is 3.91. The van der Waals surface area contributed by atoms with E-state index in [1.807, 2.05) is 57.2 Å². The summed E-state index contributed by atoms with van der Waals surface area (Å²) < 4.78 is 23.8. The van der Waals surface area contributed by atoms with E-state index in [-0.39, 0.29) is 0 Å². The zero-order chi connectivity index (χ0) is 22.5. The summed E-state index contributed by atoms with van der Waals surface area (Å²) in [5.74, 6) is 0. The van der Waals surface area contributed by atoms with E-state index in [2.05, 4.69) is 41.4 Å². The van der Waals surface area contributed by atoms with Gasteiger partial charge in [0.15, 0.2) is 0 Å². The summed E-state index contributed by atoms with van der Waals surface area (Å²) in [4.78, 5) is 4.58. The highest BCUT2D eigenvalue weighted by molar-refractivity contribution is 6.12. The molecule has 0 unspecified atom stereocenters. The summed E-state index contributed by atoms with van der Waals surface area (Å²) in [5, 5.41) is 2.09. The van der Waals surface area contributed by atoms with E-state index in [0.29, 0.717) is 11.3 Å². The Hall–Kier alpha value is -3.39. The standard InChI is InChI=1S/C28H25NO/c1-28(2,3)18-19-15-16-29-25(17-19)24-14-8-13-23-22-12-7-11-21(26(22)30-27(23)24)20-9-5-4-6-10-20/h4-17H,18H2,1-3H3/i18D2. The van der Waals surface area contributed by atoms with Gasteiger partial charge in [0.25, 0.3) is 0 Å². The van der Waals surface area contributed by atoms with Crippen LogP contribution >= 0.6 is 0 Å². The molecule has 148 valence electrons. The van der Waals surface area contributed by atoms with E-state index in [0.717, 1.165) is 38.6 Å². The lowest BCUT2D eigenvalue weighted by Crippen LogP contribution is -2.09. The smallest absolute Gasteiger partial charge is 0.144 e. The molecule has 0 aliphatic heterocycles. The Morgan fingerprint density at radius 3 is 2.17 bits per heavy atom. The number of fused-ring (bicyclic) bond motifs is 3. The third-order valence-corrected chi connectivity index (χ3v) is 5.16. The van der Waals surface area contributed by atoms with Crippen LogP contribution in [0.4, 0.5) is 0 Å². The summed E-state index contributed by atoms with van der Waals surface area (Å²) in [7, 11) is 0. The fourth-order valence-corrected chi connectivity index (χ4v) is 3.96. The van der Waals surface area contributed by atoms with Gasteiger partial charge in [0, 0.05) is 30.8 Å². The molecule has 2 aromatic heterocycles. The summed E-state index contributed by atoms with van der Waals surface area (Å²) >= 11 is 0. The van der Waals surface area contributed by atoms with Gasteiger partial charge in [-0.05, 0) is 41.1 Å². The minimum Gasteiger partial charge on any atom is -0.455 e. The van der Waals surface area contributed by atoms with Gasteiger partial charge >= 0.3 is 0 Å². The molecule has 0 N–H and O–H groups in total. The highest BCUT2D eigenvalue weighted by atomic mass is 16.3. The molecule has 2 heteroatoms. The largest absolute Gasteiger partial charge is 0.455 e. The van der Waals surface area contributed by atoms with Gasteiger partial charge in [-0.2, -0.15) is 0 Å². The van der Waals surface area contributed by atoms with Gasteiger partial charge in [0.05, 0.1) is 5.69 Å². The van der Waals surface area contributed by atoms with Crippen LogP contribution in [0.25, 0.3) is 44.3 Å². The fourth-order valence-electron chi connectivity index (χ4n) is 3.96. The number of benzene rings is 3. The van der Waals surface area contributed by atoms with Crippen molar-refractivity contribution in [2.45, 2.75) is 27.1 Å². The average molecular weight is 394 g/mol. The number of pyridine rings is 1. The third-order valence-electron chi connectivity index (χ3n) is 5.16. The molecular weight excluding hydrogens is 366 g/mol. The predicted molar refractivity (Wildman–Crippen MR) is 126 cm³/mol. The van der Waals surface area contributed by atoms with Crippen LogP contribution in [-0.4, -0.2) is 4.98 Å². The first-order valence-corrected chi connectivity index (χ1v) is 10.2. The van der Waals surface area contributed by atoms with Crippen LogP contribution in [0.5, 0.6) is 0 Å². The lowest BCUT2D eigenvalue weighted by atomic mass is 9.88. The maximum atomic E-state index is 8.67. The molecule has 2 nitrogen and oxygen atoms in total. The Morgan fingerprint density at radius 1 is 0.800 bits per heavy atom. The highest BCUT2D eigenvalue weighted by Gasteiger charge is 2.17. The minimum absolute atomic E-state index is 0.540. The molecule has 5 aromatic rings. The molecule has 0 bridgehead atoms. The molecule has 0 aliphatic carbocycles. The average Bonchev–Trinajstić information content (AvgIpc) is 3.18. The number of hydrogen-bond donors (Lipinski definition) is 0. The van der Waals surface area contributed by atoms with Crippen LogP contribution in [0.1, 0.15) is 29.1 Å². The molecule has 0 radical (unpaired) electrons. The first kappa shape index (κ1) is 16.4. The van der Waals surface area contributed by atoms with E-state index in [1.165, 1.54) is 0 Å². The normalized spacial score (nSPS) is 13.4. The van der Waals surface area contributed by atoms with Gasteiger partial charge in [-0.3, -0.25) is 4.98 Å². The van der Waals surface area contributed by atoms with Crippen LogP contribution in [0.2, 0.25) is 0 Å². The molecule has 3 aromatic carbocycles. The lowest BCUT2D eigenvalue weighted by molar-refractivity contribution is 0.411. The predicted octanol–water partition coefficient (Wildman–Crippen LogP) is 7.90. The van der Waals surface area contributed by atoms with Crippen molar-refractivity contribution in [3.05, 3.63) is 90.6 Å². The highest BCUT2D eigenvalue weighted by Crippen LogP contribution is 2.39. The summed E-state index contributed by atoms with van der Waals surface area (Å²) in [5.41, 5.74) is 5.43. The van der Waals surface area contributed by atoms with Gasteiger partial charge in [-0.15, -0.1) is 0 Å². The lowest BCUT2D eigenvalue weighted by Gasteiger charge is -2.18. The van der Waals surface area contributed by atoms with Crippen molar-refractivity contribution < 1.29 is 7.16 Å². The first-order valence-electron chi connectivity index (χ1n) is 11.2. The molecule has 0 saturated carbocycles. The van der Waals surface area contributed by atoms with Crippen molar-refractivity contribution in [3.8, 4) is 22.4 Å². The number of nitrogens with zero attached hydrogens (tertiary/aromatic N) is 1. The van der Waals surface area contributed by atoms with Crippen LogP contribution in [0, 0.1) is 5.41 Å². The minimum atomic E-state index is -1.49. The summed E-state index contributed by atoms with van der Waals surface area (Å²) in [6, 6.07) is 26.1. The fraction of sp³-hybridized carbons (Fsp3) is 0.179. The second-order valence-corrected chi connectivity index (χ2v) is 8.64. The zero-order valence-electron chi connectivity index (χ0n) is 19.4. The molecule has 5 rings (SSSR count). The number of furan rings is 1. The molecule has 0 spiro atoms. The van der Waals surface area contributed by atoms with Crippen molar-refractivity contribution in [2.24, 2.45) is 5.41 Å². The maximum absolute atomic E-state index is 8.67. The van der Waals surface area contributed by atoms with Crippen molar-refractivity contribution in [2.75, 3.05) is 0 Å². The van der Waals surface area contributed by atoms with Crippen molar-refractivity contribution in [1.29, 1.82) is 0 Å². The number of aromatic nitrogens is 1. The van der Waals surface area contributed by atoms with Gasteiger partial charge in [-0.1, -0.05) is 81.4 Å². The Labute approximate surface area is 180 Å². The summed E-state index contributed by atoms with van der Waals surface area (Å²) in [6.45, 7) is 5.74. The molecule has 0 fully saturated rings. The van der Waals surface area contributed by atoms with E-state index in [4.69, 9.17) is 7.16 Å². The first-order chi connectivity index (χ1) is 15.3. The molecule has 0 amide bonds. The van der Waals surface area contributed by atoms with Crippen LogP contribution in [0.15, 0.2) is 89.5 Å². The van der Waals surface area contributed by atoms with E-state index in [9.17, 15) is 0 Å². The Bertz CT molecular complexity index is 1430. The monoisotopic (exact) mass is 393 g/mol. The number of hydrogen-bond acceptors (Lipinski definition) is 2. The van der Waals surface area contributed by atoms with Crippen molar-refractivity contribution in [3.63, 3.8) is 0 Å². The van der Waals surface area contributed by atoms with Gasteiger partial charge in [-0.25, -0.2) is 0 Å². The van der Waals surface area contributed by atoms with E-state index < -0.39 is 11.8 Å². The van der Waals surface area contributed by atoms with E-state index in [1.54, 1.807) is 12.3 Å². The molecular formula is C28H25NO. The topological polar surface area (TPSA) is 26.0 Å². The quantitative estimate of drug-likeness (QED) is 0.311. The second-order valence-electron chi connectivity index (χ2n) is 8.64. The van der Waals surface area contributed by atoms with Gasteiger partial charge in [0.1, 0.15) is 11.2 Å².